The van der Waals surface area contributed by atoms with Crippen molar-refractivity contribution in [3.8, 4) is 0 Å². The van der Waals surface area contributed by atoms with E-state index in [0.29, 0.717) is 0 Å². The van der Waals surface area contributed by atoms with Gasteiger partial charge in [0.1, 0.15) is 0 Å². The van der Waals surface area contributed by atoms with Crippen molar-refractivity contribution in [3.63, 3.8) is 0 Å². The summed E-state index contributed by atoms with van der Waals surface area (Å²) >= 11 is 0. The zero-order valence-corrected chi connectivity index (χ0v) is 6.66. The molecule has 1 aliphatic carbocycles. The van der Waals surface area contributed by atoms with Gasteiger partial charge < -0.3 is 10.5 Å². The van der Waals surface area contributed by atoms with Crippen molar-refractivity contribution in [2.24, 2.45) is 5.92 Å². The Kier molecular flexibility index (Phi) is 2.80. The number of carboxylic acids is 1. The first-order valence-electron chi connectivity index (χ1n) is 3.82. The summed E-state index contributed by atoms with van der Waals surface area (Å²) in [5.41, 5.74) is 0.281. The molecule has 0 heterocycles. The van der Waals surface area contributed by atoms with Crippen molar-refractivity contribution in [1.82, 2.24) is 0 Å². The van der Waals surface area contributed by atoms with Gasteiger partial charge in [-0.1, -0.05) is 24.3 Å². The molecule has 1 aliphatic rings. The molecule has 0 spiro atoms. The van der Waals surface area contributed by atoms with E-state index in [2.05, 4.69) is 0 Å². The van der Waals surface area contributed by atoms with Crippen LogP contribution in [0, 0.1) is 11.3 Å². The lowest BCUT2D eigenvalue weighted by Crippen LogP contribution is -2.15. The molecule has 1 unspecified atom stereocenters. The van der Waals surface area contributed by atoms with Crippen LogP contribution in [0.5, 0.6) is 0 Å². The molecule has 0 saturated carbocycles. The molecular weight excluding hydrogens is 154 g/mol. The van der Waals surface area contributed by atoms with Gasteiger partial charge in [0.2, 0.25) is 0 Å². The average Bonchev–Trinajstić information content (AvgIpc) is 2.05. The van der Waals surface area contributed by atoms with Crippen LogP contribution >= 0.6 is 0 Å². The zero-order valence-electron chi connectivity index (χ0n) is 6.66. The molecule has 1 atom stereocenters. The van der Waals surface area contributed by atoms with E-state index in [-0.39, 0.29) is 18.1 Å². The van der Waals surface area contributed by atoms with E-state index in [1.165, 1.54) is 0 Å². The molecule has 2 N–H and O–H groups in total. The number of carbonyl (C=O) groups is 1. The fraction of sp³-hybridized carbons (Fsp3) is 0.333. The molecule has 0 amide bonds. The molecule has 0 aliphatic heterocycles. The predicted octanol–water partition coefficient (Wildman–Crippen LogP) is 1.61. The fourth-order valence-electron chi connectivity index (χ4n) is 1.13. The first-order chi connectivity index (χ1) is 5.70. The second kappa shape index (κ2) is 3.85. The number of hydrogen-bond acceptors (Lipinski definition) is 2. The van der Waals surface area contributed by atoms with Gasteiger partial charge in [-0.15, -0.1) is 0 Å². The van der Waals surface area contributed by atoms with E-state index in [1.807, 2.05) is 24.3 Å². The molecule has 1 rings (SSSR count). The molecule has 0 aromatic carbocycles. The molecule has 0 bridgehead atoms. The van der Waals surface area contributed by atoms with Gasteiger partial charge in [-0.05, 0) is 6.42 Å². The van der Waals surface area contributed by atoms with Crippen LogP contribution in [0.4, 0.5) is 0 Å². The summed E-state index contributed by atoms with van der Waals surface area (Å²) in [6, 6.07) is 0. The first kappa shape index (κ1) is 8.71. The Hall–Kier alpha value is -1.38. The van der Waals surface area contributed by atoms with Crippen LogP contribution in [0.15, 0.2) is 24.3 Å². The third kappa shape index (κ3) is 2.34. The molecule has 0 fully saturated rings. The molecule has 12 heavy (non-hydrogen) atoms. The second-order valence-corrected chi connectivity index (χ2v) is 2.75. The Morgan fingerprint density at radius 2 is 2.33 bits per heavy atom. The summed E-state index contributed by atoms with van der Waals surface area (Å²) in [6.07, 6.45) is 8.17. The van der Waals surface area contributed by atoms with Crippen LogP contribution in [0.3, 0.4) is 0 Å². The average molecular weight is 165 g/mol. The minimum Gasteiger partial charge on any atom is -0.481 e. The Morgan fingerprint density at radius 3 is 2.83 bits per heavy atom. The standard InChI is InChI=1S/C9H11NO2/c10-8(6-9(11)12)7-4-2-1-3-5-7/h1-4,7,10H,5-6H2,(H,11,12). The van der Waals surface area contributed by atoms with Crippen LogP contribution in [0.2, 0.25) is 0 Å². The molecule has 0 aromatic heterocycles. The highest BCUT2D eigenvalue weighted by molar-refractivity contribution is 5.98. The zero-order chi connectivity index (χ0) is 8.97. The van der Waals surface area contributed by atoms with Gasteiger partial charge in [-0.25, -0.2) is 0 Å². The summed E-state index contributed by atoms with van der Waals surface area (Å²) < 4.78 is 0. The number of nitrogens with one attached hydrogen (secondary N) is 1. The van der Waals surface area contributed by atoms with Crippen LogP contribution in [-0.2, 0) is 4.79 Å². The van der Waals surface area contributed by atoms with E-state index in [9.17, 15) is 4.79 Å². The van der Waals surface area contributed by atoms with Crippen LogP contribution < -0.4 is 0 Å². The van der Waals surface area contributed by atoms with E-state index >= 15 is 0 Å². The Labute approximate surface area is 70.9 Å². The quantitative estimate of drug-likeness (QED) is 0.624. The smallest absolute Gasteiger partial charge is 0.309 e. The summed E-state index contributed by atoms with van der Waals surface area (Å²) in [5, 5.41) is 15.9. The third-order valence-corrected chi connectivity index (χ3v) is 1.77. The number of carboxylic acid groups (broad SMARTS) is 1. The first-order valence-corrected chi connectivity index (χ1v) is 3.82. The van der Waals surface area contributed by atoms with Gasteiger partial charge >= 0.3 is 5.97 Å². The van der Waals surface area contributed by atoms with E-state index in [0.717, 1.165) is 6.42 Å². The number of rotatable bonds is 3. The second-order valence-electron chi connectivity index (χ2n) is 2.75. The lowest BCUT2D eigenvalue weighted by Gasteiger charge is -2.12. The van der Waals surface area contributed by atoms with Gasteiger partial charge in [-0.3, -0.25) is 4.79 Å². The minimum absolute atomic E-state index is 0.00824. The summed E-state index contributed by atoms with van der Waals surface area (Å²) in [6.45, 7) is 0. The Morgan fingerprint density at radius 1 is 1.58 bits per heavy atom. The maximum atomic E-state index is 10.3. The maximum absolute atomic E-state index is 10.3. The van der Waals surface area contributed by atoms with Crippen molar-refractivity contribution < 1.29 is 9.90 Å². The summed E-state index contributed by atoms with van der Waals surface area (Å²) in [7, 11) is 0. The van der Waals surface area contributed by atoms with Crippen molar-refractivity contribution in [3.05, 3.63) is 24.3 Å². The number of aliphatic carboxylic acids is 1. The molecule has 64 valence electrons. The lowest BCUT2D eigenvalue weighted by atomic mass is 9.94. The van der Waals surface area contributed by atoms with Gasteiger partial charge in [0.25, 0.3) is 0 Å². The molecular formula is C9H11NO2. The van der Waals surface area contributed by atoms with E-state index in [1.54, 1.807) is 0 Å². The lowest BCUT2D eigenvalue weighted by molar-refractivity contribution is -0.135. The Bertz CT molecular complexity index is 253. The van der Waals surface area contributed by atoms with Crippen LogP contribution in [-0.4, -0.2) is 16.8 Å². The predicted molar refractivity (Wildman–Crippen MR) is 46.4 cm³/mol. The molecule has 0 aromatic rings. The molecule has 3 nitrogen and oxygen atoms in total. The van der Waals surface area contributed by atoms with Crippen molar-refractivity contribution in [2.75, 3.05) is 0 Å². The highest BCUT2D eigenvalue weighted by Gasteiger charge is 2.13. The summed E-state index contributed by atoms with van der Waals surface area (Å²) in [4.78, 5) is 10.3. The van der Waals surface area contributed by atoms with Crippen molar-refractivity contribution in [2.45, 2.75) is 12.8 Å². The van der Waals surface area contributed by atoms with E-state index in [4.69, 9.17) is 10.5 Å². The molecule has 0 saturated heterocycles. The van der Waals surface area contributed by atoms with E-state index < -0.39 is 5.97 Å². The van der Waals surface area contributed by atoms with Gasteiger partial charge in [0.15, 0.2) is 0 Å². The van der Waals surface area contributed by atoms with Gasteiger partial charge in [-0.2, -0.15) is 0 Å². The number of hydrogen-bond donors (Lipinski definition) is 2. The molecule has 0 radical (unpaired) electrons. The normalized spacial score (nSPS) is 20.8. The van der Waals surface area contributed by atoms with Crippen molar-refractivity contribution in [1.29, 1.82) is 5.41 Å². The summed E-state index contributed by atoms with van der Waals surface area (Å²) in [5.74, 6) is -0.936. The SMILES string of the molecule is N=C(CC(=O)O)C1C=CC=CC1. The van der Waals surface area contributed by atoms with Gasteiger partial charge in [0.05, 0.1) is 6.42 Å². The van der Waals surface area contributed by atoms with Crippen LogP contribution in [0.1, 0.15) is 12.8 Å². The third-order valence-electron chi connectivity index (χ3n) is 1.77. The van der Waals surface area contributed by atoms with Gasteiger partial charge in [0, 0.05) is 11.6 Å². The molecule has 3 heteroatoms. The fourth-order valence-corrected chi connectivity index (χ4v) is 1.13. The largest absolute Gasteiger partial charge is 0.481 e. The minimum atomic E-state index is -0.928. The monoisotopic (exact) mass is 165 g/mol. The maximum Gasteiger partial charge on any atom is 0.309 e. The highest BCUT2D eigenvalue weighted by atomic mass is 16.4. The highest BCUT2D eigenvalue weighted by Crippen LogP contribution is 2.14. The Balaban J connectivity index is 2.48. The van der Waals surface area contributed by atoms with Crippen LogP contribution in [0.25, 0.3) is 0 Å². The van der Waals surface area contributed by atoms with Crippen molar-refractivity contribution >= 4 is 11.7 Å². The topological polar surface area (TPSA) is 61.2 Å². The number of allylic oxidation sites excluding steroid dienone is 4.